The number of rotatable bonds is 52. The van der Waals surface area contributed by atoms with E-state index in [0.717, 1.165) is 44.9 Å². The predicted octanol–water partition coefficient (Wildman–Crippen LogP) is 15.0. The summed E-state index contributed by atoms with van der Waals surface area (Å²) in [7, 11) is 0. The zero-order valence-electron chi connectivity index (χ0n) is 45.3. The van der Waals surface area contributed by atoms with Gasteiger partial charge in [-0.1, -0.05) is 269 Å². The smallest absolute Gasteiger partial charge is 0.220 e. The van der Waals surface area contributed by atoms with Crippen molar-refractivity contribution >= 4 is 5.91 Å². The van der Waals surface area contributed by atoms with Gasteiger partial charge in [0.2, 0.25) is 5.91 Å². The number of nitrogens with one attached hydrogen (secondary N) is 1. The standard InChI is InChI=1S/C60H115NO8/c1-3-5-7-9-11-13-15-17-19-21-22-23-24-25-26-27-28-29-30-31-32-34-36-38-40-42-44-46-48-50-56(64)61-53(52-68-60-59(67)58(66)57(65)55(51-62)69-60)54(63)49-47-45-43-41-39-37-35-33-20-18-16-14-12-10-8-6-4-2/h22-23,25-26,53-55,57-60,62-63,65-67H,3-21,24,27-52H2,1-2H3,(H,61,64)/b23-22-,26-25-. The molecule has 0 bridgehead atoms. The summed E-state index contributed by atoms with van der Waals surface area (Å²) in [6.45, 7) is 3.87. The average molecular weight is 979 g/mol. The molecule has 7 atom stereocenters. The van der Waals surface area contributed by atoms with Gasteiger partial charge < -0.3 is 40.3 Å². The Bertz CT molecular complexity index is 1130. The monoisotopic (exact) mass is 978 g/mol. The van der Waals surface area contributed by atoms with Gasteiger partial charge in [-0.25, -0.2) is 0 Å². The van der Waals surface area contributed by atoms with Crippen LogP contribution in [0.3, 0.4) is 0 Å². The van der Waals surface area contributed by atoms with Crippen LogP contribution in [0.15, 0.2) is 24.3 Å². The first-order valence-corrected chi connectivity index (χ1v) is 30.0. The van der Waals surface area contributed by atoms with Crippen molar-refractivity contribution in [1.82, 2.24) is 5.32 Å². The molecular formula is C60H115NO8. The van der Waals surface area contributed by atoms with Crippen LogP contribution in [0, 0.1) is 0 Å². The Morgan fingerprint density at radius 2 is 0.855 bits per heavy atom. The molecule has 1 rings (SSSR count). The molecule has 1 aliphatic heterocycles. The van der Waals surface area contributed by atoms with Gasteiger partial charge in [-0.05, 0) is 44.9 Å². The Hall–Kier alpha value is -1.33. The summed E-state index contributed by atoms with van der Waals surface area (Å²) in [5, 5.41) is 54.7. The third kappa shape index (κ3) is 39.8. The van der Waals surface area contributed by atoms with Gasteiger partial charge in [0.05, 0.1) is 25.4 Å². The van der Waals surface area contributed by atoms with E-state index < -0.39 is 49.5 Å². The molecule has 0 spiro atoms. The fourth-order valence-electron chi connectivity index (χ4n) is 9.78. The van der Waals surface area contributed by atoms with E-state index in [1.165, 1.54) is 225 Å². The maximum atomic E-state index is 13.1. The van der Waals surface area contributed by atoms with Gasteiger partial charge in [0, 0.05) is 6.42 Å². The zero-order chi connectivity index (χ0) is 50.1. The van der Waals surface area contributed by atoms with Crippen LogP contribution < -0.4 is 5.32 Å². The third-order valence-corrected chi connectivity index (χ3v) is 14.6. The number of amides is 1. The van der Waals surface area contributed by atoms with Crippen molar-refractivity contribution in [2.24, 2.45) is 0 Å². The predicted molar refractivity (Wildman–Crippen MR) is 290 cm³/mol. The number of unbranched alkanes of at least 4 members (excludes halogenated alkanes) is 38. The summed E-state index contributed by atoms with van der Waals surface area (Å²) in [4.78, 5) is 13.1. The largest absolute Gasteiger partial charge is 0.394 e. The Morgan fingerprint density at radius 1 is 0.493 bits per heavy atom. The van der Waals surface area contributed by atoms with Crippen molar-refractivity contribution in [1.29, 1.82) is 0 Å². The lowest BCUT2D eigenvalue weighted by atomic mass is 9.99. The highest BCUT2D eigenvalue weighted by molar-refractivity contribution is 5.76. The molecule has 1 heterocycles. The minimum absolute atomic E-state index is 0.135. The molecular weight excluding hydrogens is 863 g/mol. The van der Waals surface area contributed by atoms with Gasteiger partial charge in [-0.2, -0.15) is 0 Å². The first-order chi connectivity index (χ1) is 33.8. The number of hydrogen-bond donors (Lipinski definition) is 6. The van der Waals surface area contributed by atoms with Crippen LogP contribution in [0.1, 0.15) is 296 Å². The zero-order valence-corrected chi connectivity index (χ0v) is 45.3. The van der Waals surface area contributed by atoms with E-state index in [2.05, 4.69) is 43.5 Å². The minimum atomic E-state index is -1.55. The van der Waals surface area contributed by atoms with Crippen LogP contribution in [-0.2, 0) is 14.3 Å². The molecule has 1 aliphatic rings. The molecule has 69 heavy (non-hydrogen) atoms. The fourth-order valence-corrected chi connectivity index (χ4v) is 9.78. The molecule has 0 aromatic rings. The molecule has 6 N–H and O–H groups in total. The molecule has 0 aliphatic carbocycles. The van der Waals surface area contributed by atoms with Gasteiger partial charge in [0.1, 0.15) is 24.4 Å². The third-order valence-electron chi connectivity index (χ3n) is 14.6. The van der Waals surface area contributed by atoms with Crippen LogP contribution in [-0.4, -0.2) is 87.5 Å². The maximum absolute atomic E-state index is 13.1. The quantitative estimate of drug-likeness (QED) is 0.0261. The number of carbonyl (C=O) groups excluding carboxylic acids is 1. The van der Waals surface area contributed by atoms with Crippen LogP contribution >= 0.6 is 0 Å². The Balaban J connectivity index is 2.16. The fraction of sp³-hybridized carbons (Fsp3) is 0.917. The van der Waals surface area contributed by atoms with Gasteiger partial charge in [0.15, 0.2) is 6.29 Å². The van der Waals surface area contributed by atoms with E-state index in [1.54, 1.807) is 0 Å². The molecule has 7 unspecified atom stereocenters. The molecule has 0 radical (unpaired) electrons. The van der Waals surface area contributed by atoms with E-state index >= 15 is 0 Å². The number of aliphatic hydroxyl groups excluding tert-OH is 5. The van der Waals surface area contributed by atoms with Gasteiger partial charge in [-0.15, -0.1) is 0 Å². The second kappa shape index (κ2) is 50.2. The summed E-state index contributed by atoms with van der Waals surface area (Å²) >= 11 is 0. The van der Waals surface area contributed by atoms with E-state index in [0.29, 0.717) is 12.8 Å². The highest BCUT2D eigenvalue weighted by atomic mass is 16.7. The van der Waals surface area contributed by atoms with Crippen molar-refractivity contribution < 1.29 is 39.8 Å². The van der Waals surface area contributed by atoms with E-state index in [9.17, 15) is 30.3 Å². The van der Waals surface area contributed by atoms with Crippen molar-refractivity contribution in [3.8, 4) is 0 Å². The molecule has 0 aromatic carbocycles. The lowest BCUT2D eigenvalue weighted by Gasteiger charge is -2.40. The molecule has 9 heteroatoms. The molecule has 1 saturated heterocycles. The van der Waals surface area contributed by atoms with Gasteiger partial charge >= 0.3 is 0 Å². The van der Waals surface area contributed by atoms with Crippen molar-refractivity contribution in [2.45, 2.75) is 339 Å². The summed E-state index contributed by atoms with van der Waals surface area (Å²) in [5.74, 6) is -0.141. The normalized spacial score (nSPS) is 19.6. The second-order valence-electron chi connectivity index (χ2n) is 21.1. The second-order valence-corrected chi connectivity index (χ2v) is 21.1. The number of aliphatic hydroxyl groups is 5. The highest BCUT2D eigenvalue weighted by Crippen LogP contribution is 2.23. The number of hydrogen-bond acceptors (Lipinski definition) is 8. The van der Waals surface area contributed by atoms with Crippen LogP contribution in [0.2, 0.25) is 0 Å². The Labute approximate surface area is 426 Å². The Morgan fingerprint density at radius 3 is 1.25 bits per heavy atom. The number of ether oxygens (including phenoxy) is 2. The van der Waals surface area contributed by atoms with Gasteiger partial charge in [0.25, 0.3) is 0 Å². The molecule has 9 nitrogen and oxygen atoms in total. The van der Waals surface area contributed by atoms with E-state index in [1.807, 2.05) is 0 Å². The average Bonchev–Trinajstić information content (AvgIpc) is 3.35. The number of allylic oxidation sites excluding steroid dienone is 4. The first-order valence-electron chi connectivity index (χ1n) is 30.0. The molecule has 1 fully saturated rings. The van der Waals surface area contributed by atoms with Crippen LogP contribution in [0.4, 0.5) is 0 Å². The van der Waals surface area contributed by atoms with Crippen LogP contribution in [0.5, 0.6) is 0 Å². The summed E-state index contributed by atoms with van der Waals surface area (Å²) in [6, 6.07) is -0.718. The number of carbonyl (C=O) groups is 1. The maximum Gasteiger partial charge on any atom is 0.220 e. The topological polar surface area (TPSA) is 149 Å². The van der Waals surface area contributed by atoms with Crippen LogP contribution in [0.25, 0.3) is 0 Å². The lowest BCUT2D eigenvalue weighted by molar-refractivity contribution is -0.302. The summed E-state index contributed by atoms with van der Waals surface area (Å²) in [6.07, 6.45) is 56.4. The summed E-state index contributed by atoms with van der Waals surface area (Å²) < 4.78 is 11.3. The molecule has 408 valence electrons. The SMILES string of the molecule is CCCCCCCCCCC/C=C\C/C=C\CCCCCCCCCCCCCCCC(=O)NC(COC1OC(CO)C(O)C(O)C1O)C(O)CCCCCCCCCCCCCCCCCCC. The van der Waals surface area contributed by atoms with Crippen molar-refractivity contribution in [2.75, 3.05) is 13.2 Å². The summed E-state index contributed by atoms with van der Waals surface area (Å²) in [5.41, 5.74) is 0. The van der Waals surface area contributed by atoms with Crippen molar-refractivity contribution in [3.63, 3.8) is 0 Å². The highest BCUT2D eigenvalue weighted by Gasteiger charge is 2.44. The molecule has 0 aromatic heterocycles. The molecule has 0 saturated carbocycles. The van der Waals surface area contributed by atoms with Crippen molar-refractivity contribution in [3.05, 3.63) is 24.3 Å². The van der Waals surface area contributed by atoms with E-state index in [-0.39, 0.29) is 12.5 Å². The first kappa shape index (κ1) is 65.7. The molecule has 1 amide bonds. The Kier molecular flexibility index (Phi) is 47.8. The minimum Gasteiger partial charge on any atom is -0.394 e. The van der Waals surface area contributed by atoms with E-state index in [4.69, 9.17) is 9.47 Å². The van der Waals surface area contributed by atoms with Gasteiger partial charge in [-0.3, -0.25) is 4.79 Å². The lowest BCUT2D eigenvalue weighted by Crippen LogP contribution is -2.60.